The van der Waals surface area contributed by atoms with Gasteiger partial charge in [-0.2, -0.15) is 4.31 Å². The number of thioether (sulfide) groups is 1. The van der Waals surface area contributed by atoms with E-state index in [1.54, 1.807) is 6.07 Å². The van der Waals surface area contributed by atoms with Gasteiger partial charge in [0.1, 0.15) is 4.90 Å². The molecule has 1 fully saturated rings. The van der Waals surface area contributed by atoms with Gasteiger partial charge >= 0.3 is 5.97 Å². The SMILES string of the molecule is COC(=O)CSCCC(=O)Nc1ccc(Cl)c(S(=O)(=O)N2CCCC2)c1. The summed E-state index contributed by atoms with van der Waals surface area (Å²) in [6.07, 6.45) is 1.85. The first kappa shape index (κ1) is 21.0. The van der Waals surface area contributed by atoms with Crippen LogP contribution in [0.15, 0.2) is 23.1 Å². The van der Waals surface area contributed by atoms with E-state index in [-0.39, 0.29) is 34.0 Å². The number of carbonyl (C=O) groups excluding carboxylic acids is 2. The Labute approximate surface area is 162 Å². The maximum Gasteiger partial charge on any atom is 0.315 e. The van der Waals surface area contributed by atoms with E-state index in [0.29, 0.717) is 24.5 Å². The molecule has 1 aromatic rings. The molecule has 0 unspecified atom stereocenters. The van der Waals surface area contributed by atoms with Gasteiger partial charge in [-0.3, -0.25) is 9.59 Å². The van der Waals surface area contributed by atoms with Crippen LogP contribution in [-0.2, 0) is 24.3 Å². The molecule has 0 aliphatic carbocycles. The minimum atomic E-state index is -3.67. The first-order valence-corrected chi connectivity index (χ1v) is 11.1. The van der Waals surface area contributed by atoms with Crippen molar-refractivity contribution in [1.82, 2.24) is 4.31 Å². The summed E-state index contributed by atoms with van der Waals surface area (Å²) in [5, 5.41) is 2.79. The minimum Gasteiger partial charge on any atom is -0.468 e. The predicted octanol–water partition coefficient (Wildman–Crippen LogP) is 2.36. The second-order valence-electron chi connectivity index (χ2n) is 5.68. The first-order chi connectivity index (χ1) is 12.3. The van der Waals surface area contributed by atoms with E-state index in [1.165, 1.54) is 35.3 Å². The van der Waals surface area contributed by atoms with E-state index in [4.69, 9.17) is 11.6 Å². The summed E-state index contributed by atoms with van der Waals surface area (Å²) < 4.78 is 31.3. The normalized spacial score (nSPS) is 15.0. The summed E-state index contributed by atoms with van der Waals surface area (Å²) in [5.74, 6) is 0.0234. The maximum atomic E-state index is 12.7. The van der Waals surface area contributed by atoms with E-state index in [0.717, 1.165) is 12.8 Å². The van der Waals surface area contributed by atoms with Gasteiger partial charge in [0.05, 0.1) is 17.9 Å². The summed E-state index contributed by atoms with van der Waals surface area (Å²) in [6.45, 7) is 0.958. The van der Waals surface area contributed by atoms with Crippen molar-refractivity contribution in [3.05, 3.63) is 23.2 Å². The summed E-state index contributed by atoms with van der Waals surface area (Å²) in [6, 6.07) is 4.41. The highest BCUT2D eigenvalue weighted by Gasteiger charge is 2.29. The first-order valence-electron chi connectivity index (χ1n) is 8.08. The summed E-state index contributed by atoms with van der Waals surface area (Å²) >= 11 is 7.37. The molecule has 144 valence electrons. The molecule has 0 bridgehead atoms. The number of hydrogen-bond acceptors (Lipinski definition) is 6. The van der Waals surface area contributed by atoms with Crippen molar-refractivity contribution in [3.63, 3.8) is 0 Å². The second kappa shape index (κ2) is 9.59. The summed E-state index contributed by atoms with van der Waals surface area (Å²) in [4.78, 5) is 23.0. The molecule has 0 spiro atoms. The Morgan fingerprint density at radius 1 is 1.31 bits per heavy atom. The number of carbonyl (C=O) groups is 2. The number of esters is 1. The topological polar surface area (TPSA) is 92.8 Å². The number of sulfonamides is 1. The van der Waals surface area contributed by atoms with E-state index in [1.807, 2.05) is 0 Å². The fourth-order valence-corrected chi connectivity index (χ4v) is 5.23. The zero-order valence-corrected chi connectivity index (χ0v) is 16.8. The lowest BCUT2D eigenvalue weighted by molar-refractivity contribution is -0.137. The van der Waals surface area contributed by atoms with Gasteiger partial charge in [-0.25, -0.2) is 8.42 Å². The van der Waals surface area contributed by atoms with Crippen molar-refractivity contribution in [2.45, 2.75) is 24.2 Å². The third-order valence-corrected chi connectivity index (χ3v) is 7.13. The van der Waals surface area contributed by atoms with Gasteiger partial charge in [0.25, 0.3) is 0 Å². The smallest absolute Gasteiger partial charge is 0.315 e. The van der Waals surface area contributed by atoms with Crippen molar-refractivity contribution in [3.8, 4) is 0 Å². The van der Waals surface area contributed by atoms with Gasteiger partial charge in [0.2, 0.25) is 15.9 Å². The van der Waals surface area contributed by atoms with E-state index in [9.17, 15) is 18.0 Å². The highest BCUT2D eigenvalue weighted by molar-refractivity contribution is 7.99. The standard InChI is InChI=1S/C16H21ClN2O5S2/c1-24-16(21)11-25-9-6-15(20)18-12-4-5-13(17)14(10-12)26(22,23)19-7-2-3-8-19/h4-5,10H,2-3,6-9,11H2,1H3,(H,18,20). The molecule has 1 N–H and O–H groups in total. The number of anilines is 1. The van der Waals surface area contributed by atoms with Crippen molar-refractivity contribution >= 4 is 50.9 Å². The van der Waals surface area contributed by atoms with Gasteiger partial charge in [-0.1, -0.05) is 11.6 Å². The molecule has 2 rings (SSSR count). The highest BCUT2D eigenvalue weighted by atomic mass is 35.5. The van der Waals surface area contributed by atoms with Crippen LogP contribution in [-0.4, -0.2) is 56.3 Å². The van der Waals surface area contributed by atoms with Crippen molar-refractivity contribution in [2.24, 2.45) is 0 Å². The Balaban J connectivity index is 1.98. The minimum absolute atomic E-state index is 0.000988. The van der Waals surface area contributed by atoms with Crippen molar-refractivity contribution < 1.29 is 22.7 Å². The molecule has 1 amide bonds. The number of halogens is 1. The Morgan fingerprint density at radius 3 is 2.65 bits per heavy atom. The van der Waals surface area contributed by atoms with Crippen molar-refractivity contribution in [2.75, 3.05) is 37.0 Å². The van der Waals surface area contributed by atoms with E-state index < -0.39 is 10.0 Å². The number of rotatable bonds is 8. The number of benzene rings is 1. The quantitative estimate of drug-likeness (QED) is 0.512. The third-order valence-electron chi connectivity index (χ3n) is 3.82. The van der Waals surface area contributed by atoms with Gasteiger partial charge in [0.15, 0.2) is 0 Å². The number of amides is 1. The molecule has 0 aromatic heterocycles. The maximum absolute atomic E-state index is 12.7. The average molecular weight is 421 g/mol. The fourth-order valence-electron chi connectivity index (χ4n) is 2.45. The predicted molar refractivity (Wildman–Crippen MR) is 102 cm³/mol. The monoisotopic (exact) mass is 420 g/mol. The Hall–Kier alpha value is -1.29. The number of nitrogens with zero attached hydrogens (tertiary/aromatic N) is 1. The number of ether oxygens (including phenoxy) is 1. The Morgan fingerprint density at radius 2 is 2.00 bits per heavy atom. The average Bonchev–Trinajstić information content (AvgIpc) is 3.15. The van der Waals surface area contributed by atoms with Crippen LogP contribution in [0.2, 0.25) is 5.02 Å². The van der Waals surface area contributed by atoms with Gasteiger partial charge < -0.3 is 10.1 Å². The second-order valence-corrected chi connectivity index (χ2v) is 9.10. The summed E-state index contributed by atoms with van der Waals surface area (Å²) in [5.41, 5.74) is 0.370. The van der Waals surface area contributed by atoms with E-state index in [2.05, 4.69) is 10.1 Å². The molecule has 7 nitrogen and oxygen atoms in total. The molecule has 1 heterocycles. The molecule has 0 atom stereocenters. The fraction of sp³-hybridized carbons (Fsp3) is 0.500. The van der Waals surface area contributed by atoms with Gasteiger partial charge in [-0.05, 0) is 31.0 Å². The zero-order chi connectivity index (χ0) is 19.2. The van der Waals surface area contributed by atoms with E-state index >= 15 is 0 Å². The van der Waals surface area contributed by atoms with Crippen LogP contribution in [0.25, 0.3) is 0 Å². The number of methoxy groups -OCH3 is 1. The molecule has 1 saturated heterocycles. The Bertz CT molecular complexity index is 764. The van der Waals surface area contributed by atoms with Crippen LogP contribution < -0.4 is 5.32 Å². The van der Waals surface area contributed by atoms with Gasteiger partial charge in [0, 0.05) is 31.0 Å². The lowest BCUT2D eigenvalue weighted by Crippen LogP contribution is -2.28. The Kier molecular flexibility index (Phi) is 7.75. The van der Waals surface area contributed by atoms with Gasteiger partial charge in [-0.15, -0.1) is 11.8 Å². The van der Waals surface area contributed by atoms with Crippen LogP contribution in [0.5, 0.6) is 0 Å². The van der Waals surface area contributed by atoms with Crippen LogP contribution in [0.3, 0.4) is 0 Å². The molecular weight excluding hydrogens is 400 g/mol. The lowest BCUT2D eigenvalue weighted by atomic mass is 10.3. The van der Waals surface area contributed by atoms with Crippen molar-refractivity contribution in [1.29, 1.82) is 0 Å². The van der Waals surface area contributed by atoms with Crippen LogP contribution in [0.4, 0.5) is 5.69 Å². The highest BCUT2D eigenvalue weighted by Crippen LogP contribution is 2.29. The molecule has 0 saturated carbocycles. The van der Waals surface area contributed by atoms with Crippen LogP contribution >= 0.6 is 23.4 Å². The third kappa shape index (κ3) is 5.60. The van der Waals surface area contributed by atoms with Crippen LogP contribution in [0, 0.1) is 0 Å². The zero-order valence-electron chi connectivity index (χ0n) is 14.4. The lowest BCUT2D eigenvalue weighted by Gasteiger charge is -2.17. The molecular formula is C16H21ClN2O5S2. The molecule has 26 heavy (non-hydrogen) atoms. The molecule has 1 aliphatic rings. The molecule has 10 heteroatoms. The largest absolute Gasteiger partial charge is 0.468 e. The molecule has 1 aromatic carbocycles. The number of nitrogens with one attached hydrogen (secondary N) is 1. The molecule has 1 aliphatic heterocycles. The molecule has 0 radical (unpaired) electrons. The summed E-state index contributed by atoms with van der Waals surface area (Å²) in [7, 11) is -2.36. The number of hydrogen-bond donors (Lipinski definition) is 1. The van der Waals surface area contributed by atoms with Crippen LogP contribution in [0.1, 0.15) is 19.3 Å².